The molecule has 0 aliphatic heterocycles. The van der Waals surface area contributed by atoms with Gasteiger partial charge in [0.05, 0.1) is 0 Å². The third-order valence-electron chi connectivity index (χ3n) is 4.25. The lowest BCUT2D eigenvalue weighted by molar-refractivity contribution is 0.349. The first-order valence-electron chi connectivity index (χ1n) is 7.09. The van der Waals surface area contributed by atoms with Gasteiger partial charge < -0.3 is 10.2 Å². The molecule has 2 aromatic rings. The number of nitrogens with one attached hydrogen (secondary N) is 1. The van der Waals surface area contributed by atoms with Crippen LogP contribution in [-0.4, -0.2) is 40.8 Å². The Kier molecular flexibility index (Phi) is 3.94. The van der Waals surface area contributed by atoms with Crippen LogP contribution in [0, 0.1) is 0 Å². The van der Waals surface area contributed by atoms with Crippen LogP contribution >= 0.6 is 15.9 Å². The lowest BCUT2D eigenvalue weighted by Crippen LogP contribution is -2.40. The second-order valence-corrected chi connectivity index (χ2v) is 6.38. The molecule has 108 valence electrons. The Labute approximate surface area is 127 Å². The number of aromatic nitrogens is 3. The molecule has 1 aliphatic rings. The van der Waals surface area contributed by atoms with Crippen molar-refractivity contribution in [1.82, 2.24) is 19.9 Å². The van der Waals surface area contributed by atoms with Crippen molar-refractivity contribution < 1.29 is 0 Å². The Bertz CT molecular complexity index is 588. The number of anilines is 1. The Hall–Kier alpha value is -1.14. The maximum Gasteiger partial charge on any atom is 0.245 e. The molecule has 0 radical (unpaired) electrons. The van der Waals surface area contributed by atoms with E-state index in [1.165, 1.54) is 25.7 Å². The molecule has 1 N–H and O–H groups in total. The molecule has 1 fully saturated rings. The van der Waals surface area contributed by atoms with E-state index in [2.05, 4.69) is 50.3 Å². The summed E-state index contributed by atoms with van der Waals surface area (Å²) in [5.41, 5.74) is 0.888. The van der Waals surface area contributed by atoms with Crippen LogP contribution in [0.3, 0.4) is 0 Å². The van der Waals surface area contributed by atoms with E-state index in [0.717, 1.165) is 16.1 Å². The van der Waals surface area contributed by atoms with Crippen LogP contribution < -0.4 is 10.2 Å². The lowest BCUT2D eigenvalue weighted by atomic mass is 9.90. The highest BCUT2D eigenvalue weighted by Gasteiger charge is 2.25. The summed E-state index contributed by atoms with van der Waals surface area (Å²) in [6.45, 7) is 0. The first-order valence-corrected chi connectivity index (χ1v) is 7.88. The van der Waals surface area contributed by atoms with Crippen molar-refractivity contribution in [3.05, 3.63) is 22.8 Å². The second kappa shape index (κ2) is 5.69. The SMILES string of the molecule is CNC1CCC(N(C)c2nc3ccc(Br)cn3n2)CC1. The standard InChI is InChI=1S/C14H20BrN5/c1-16-11-4-6-12(7-5-11)19(2)14-17-13-8-3-10(15)9-20(13)18-14/h3,8-9,11-12,16H,4-7H2,1-2H3. The normalized spacial score (nSPS) is 23.1. The Morgan fingerprint density at radius 2 is 2.05 bits per heavy atom. The van der Waals surface area contributed by atoms with E-state index < -0.39 is 0 Å². The van der Waals surface area contributed by atoms with Crippen LogP contribution in [0.15, 0.2) is 22.8 Å². The fourth-order valence-electron chi connectivity index (χ4n) is 2.91. The van der Waals surface area contributed by atoms with E-state index in [0.29, 0.717) is 12.1 Å². The van der Waals surface area contributed by atoms with E-state index in [9.17, 15) is 0 Å². The molecule has 20 heavy (non-hydrogen) atoms. The second-order valence-electron chi connectivity index (χ2n) is 5.47. The number of nitrogens with zero attached hydrogens (tertiary/aromatic N) is 4. The van der Waals surface area contributed by atoms with Crippen LogP contribution in [0.4, 0.5) is 5.95 Å². The Balaban J connectivity index is 1.77. The molecule has 5 nitrogen and oxygen atoms in total. The van der Waals surface area contributed by atoms with Crippen molar-refractivity contribution in [3.8, 4) is 0 Å². The fourth-order valence-corrected chi connectivity index (χ4v) is 3.24. The van der Waals surface area contributed by atoms with Gasteiger partial charge >= 0.3 is 0 Å². The van der Waals surface area contributed by atoms with Crippen LogP contribution in [0.25, 0.3) is 5.65 Å². The van der Waals surface area contributed by atoms with Gasteiger partial charge in [0.2, 0.25) is 5.95 Å². The molecule has 0 bridgehead atoms. The van der Waals surface area contributed by atoms with E-state index >= 15 is 0 Å². The molecule has 0 amide bonds. The summed E-state index contributed by atoms with van der Waals surface area (Å²) >= 11 is 3.46. The quantitative estimate of drug-likeness (QED) is 0.934. The largest absolute Gasteiger partial charge is 0.340 e. The average molecular weight is 338 g/mol. The molecular formula is C14H20BrN5. The molecule has 0 unspecified atom stereocenters. The van der Waals surface area contributed by atoms with Gasteiger partial charge in [-0.2, -0.15) is 4.98 Å². The average Bonchev–Trinajstić information content (AvgIpc) is 2.89. The highest BCUT2D eigenvalue weighted by atomic mass is 79.9. The zero-order valence-corrected chi connectivity index (χ0v) is 13.5. The number of halogens is 1. The maximum absolute atomic E-state index is 4.61. The van der Waals surface area contributed by atoms with Gasteiger partial charge in [0, 0.05) is 29.8 Å². The van der Waals surface area contributed by atoms with Crippen molar-refractivity contribution in [3.63, 3.8) is 0 Å². The monoisotopic (exact) mass is 337 g/mol. The van der Waals surface area contributed by atoms with E-state index in [4.69, 9.17) is 0 Å². The van der Waals surface area contributed by atoms with Gasteiger partial charge in [0.1, 0.15) is 0 Å². The van der Waals surface area contributed by atoms with Gasteiger partial charge in [-0.15, -0.1) is 5.10 Å². The smallest absolute Gasteiger partial charge is 0.245 e. The summed E-state index contributed by atoms with van der Waals surface area (Å²) in [5.74, 6) is 0.816. The summed E-state index contributed by atoms with van der Waals surface area (Å²) in [6.07, 6.45) is 6.79. The van der Waals surface area contributed by atoms with Crippen molar-refractivity contribution in [2.24, 2.45) is 0 Å². The first-order chi connectivity index (χ1) is 9.67. The summed E-state index contributed by atoms with van der Waals surface area (Å²) in [6, 6.07) is 5.18. The molecule has 0 saturated heterocycles. The molecule has 0 atom stereocenters. The van der Waals surface area contributed by atoms with Gasteiger partial charge in [-0.1, -0.05) is 0 Å². The Morgan fingerprint density at radius 3 is 2.75 bits per heavy atom. The summed E-state index contributed by atoms with van der Waals surface area (Å²) in [7, 11) is 4.16. The molecule has 2 heterocycles. The van der Waals surface area contributed by atoms with Crippen molar-refractivity contribution in [2.45, 2.75) is 37.8 Å². The molecule has 0 aromatic carbocycles. The number of rotatable bonds is 3. The number of pyridine rings is 1. The fraction of sp³-hybridized carbons (Fsp3) is 0.571. The van der Waals surface area contributed by atoms with Crippen LogP contribution in [0.2, 0.25) is 0 Å². The lowest BCUT2D eigenvalue weighted by Gasteiger charge is -2.33. The van der Waals surface area contributed by atoms with Crippen LogP contribution in [0.5, 0.6) is 0 Å². The van der Waals surface area contributed by atoms with E-state index in [-0.39, 0.29) is 0 Å². The first kappa shape index (κ1) is 13.8. The van der Waals surface area contributed by atoms with E-state index in [1.54, 1.807) is 0 Å². The van der Waals surface area contributed by atoms with Crippen molar-refractivity contribution in [1.29, 1.82) is 0 Å². The number of hydrogen-bond acceptors (Lipinski definition) is 4. The molecule has 0 spiro atoms. The van der Waals surface area contributed by atoms with Gasteiger partial charge in [-0.05, 0) is 60.8 Å². The summed E-state index contributed by atoms with van der Waals surface area (Å²) in [5, 5.41) is 7.95. The maximum atomic E-state index is 4.61. The molecule has 6 heteroatoms. The zero-order chi connectivity index (χ0) is 14.1. The minimum absolute atomic E-state index is 0.542. The Morgan fingerprint density at radius 1 is 1.30 bits per heavy atom. The molecule has 1 aliphatic carbocycles. The number of fused-ring (bicyclic) bond motifs is 1. The minimum atomic E-state index is 0.542. The summed E-state index contributed by atoms with van der Waals surface area (Å²) in [4.78, 5) is 6.84. The molecule has 1 saturated carbocycles. The van der Waals surface area contributed by atoms with E-state index in [1.807, 2.05) is 22.8 Å². The molecular weight excluding hydrogens is 318 g/mol. The highest BCUT2D eigenvalue weighted by molar-refractivity contribution is 9.10. The predicted octanol–water partition coefficient (Wildman–Crippen LogP) is 2.46. The van der Waals surface area contributed by atoms with Gasteiger partial charge in [0.25, 0.3) is 0 Å². The predicted molar refractivity (Wildman–Crippen MR) is 84.2 cm³/mol. The van der Waals surface area contributed by atoms with Crippen molar-refractivity contribution in [2.75, 3.05) is 19.0 Å². The third kappa shape index (κ3) is 2.67. The van der Waals surface area contributed by atoms with Crippen molar-refractivity contribution >= 4 is 27.5 Å². The molecule has 3 rings (SSSR count). The van der Waals surface area contributed by atoms with Gasteiger partial charge in [-0.3, -0.25) is 0 Å². The van der Waals surface area contributed by atoms with Crippen LogP contribution in [-0.2, 0) is 0 Å². The number of hydrogen-bond donors (Lipinski definition) is 1. The summed E-state index contributed by atoms with van der Waals surface area (Å²) < 4.78 is 2.84. The molecule has 2 aromatic heterocycles. The third-order valence-corrected chi connectivity index (χ3v) is 4.72. The van der Waals surface area contributed by atoms with Gasteiger partial charge in [0.15, 0.2) is 5.65 Å². The minimum Gasteiger partial charge on any atom is -0.340 e. The topological polar surface area (TPSA) is 45.5 Å². The zero-order valence-electron chi connectivity index (χ0n) is 11.9. The van der Waals surface area contributed by atoms with Crippen LogP contribution in [0.1, 0.15) is 25.7 Å². The highest BCUT2D eigenvalue weighted by Crippen LogP contribution is 2.25. The van der Waals surface area contributed by atoms with Gasteiger partial charge in [-0.25, -0.2) is 4.52 Å².